The van der Waals surface area contributed by atoms with Gasteiger partial charge in [-0.3, -0.25) is 14.8 Å². The van der Waals surface area contributed by atoms with Crippen LogP contribution >= 0.6 is 0 Å². The number of hydrogen-bond acceptors (Lipinski definition) is 5. The molecule has 5 nitrogen and oxygen atoms in total. The molecule has 1 N–H and O–H groups in total. The van der Waals surface area contributed by atoms with E-state index in [-0.39, 0.29) is 24.9 Å². The number of aliphatic imine (C=N–C) groups is 1. The Kier molecular flexibility index (Phi) is 5.17. The number of aromatic nitrogens is 1. The summed E-state index contributed by atoms with van der Waals surface area (Å²) < 4.78 is 28.1. The SMILES string of the molecule is O=C(CCCO)c1cnc2c(c1)C(N1CCC[C@@H]1c1cc(F)ccc1F)=NC2. The summed E-state index contributed by atoms with van der Waals surface area (Å²) in [6.45, 7) is 1.05. The Morgan fingerprint density at radius 3 is 2.96 bits per heavy atom. The lowest BCUT2D eigenvalue weighted by Crippen LogP contribution is -2.31. The Balaban J connectivity index is 1.64. The lowest BCUT2D eigenvalue weighted by Gasteiger charge is -2.27. The molecule has 146 valence electrons. The number of halogens is 2. The van der Waals surface area contributed by atoms with Crippen molar-refractivity contribution in [3.63, 3.8) is 0 Å². The van der Waals surface area contributed by atoms with E-state index in [0.717, 1.165) is 29.8 Å². The quantitative estimate of drug-likeness (QED) is 0.801. The van der Waals surface area contributed by atoms with E-state index in [2.05, 4.69) is 9.98 Å². The highest BCUT2D eigenvalue weighted by atomic mass is 19.1. The number of carbonyl (C=O) groups excluding carboxylic acids is 1. The average Bonchev–Trinajstić information content (AvgIpc) is 3.33. The van der Waals surface area contributed by atoms with Crippen LogP contribution in [-0.4, -0.2) is 39.8 Å². The first-order valence-corrected chi connectivity index (χ1v) is 9.48. The second-order valence-corrected chi connectivity index (χ2v) is 7.13. The third-order valence-corrected chi connectivity index (χ3v) is 5.32. The highest BCUT2D eigenvalue weighted by Gasteiger charge is 2.34. The minimum Gasteiger partial charge on any atom is -0.396 e. The topological polar surface area (TPSA) is 65.8 Å². The number of ketones is 1. The van der Waals surface area contributed by atoms with Crippen molar-refractivity contribution in [2.24, 2.45) is 4.99 Å². The molecule has 2 aliphatic rings. The molecule has 1 fully saturated rings. The van der Waals surface area contributed by atoms with Crippen molar-refractivity contribution in [1.82, 2.24) is 9.88 Å². The van der Waals surface area contributed by atoms with Gasteiger partial charge in [-0.2, -0.15) is 0 Å². The number of amidine groups is 1. The maximum absolute atomic E-state index is 14.4. The van der Waals surface area contributed by atoms with Gasteiger partial charge in [0.1, 0.15) is 17.5 Å². The molecule has 1 saturated heterocycles. The lowest BCUT2D eigenvalue weighted by atomic mass is 10.0. The molecule has 0 amide bonds. The summed E-state index contributed by atoms with van der Waals surface area (Å²) in [6, 6.07) is 5.02. The van der Waals surface area contributed by atoms with Crippen molar-refractivity contribution < 1.29 is 18.7 Å². The molecule has 1 aromatic carbocycles. The van der Waals surface area contributed by atoms with Gasteiger partial charge in [0.15, 0.2) is 5.78 Å². The Labute approximate surface area is 161 Å². The zero-order chi connectivity index (χ0) is 19.7. The number of hydrogen-bond donors (Lipinski definition) is 1. The fourth-order valence-corrected chi connectivity index (χ4v) is 3.94. The molecule has 0 bridgehead atoms. The van der Waals surface area contributed by atoms with Crippen molar-refractivity contribution in [3.8, 4) is 0 Å². The van der Waals surface area contributed by atoms with E-state index >= 15 is 0 Å². The van der Waals surface area contributed by atoms with E-state index < -0.39 is 11.6 Å². The van der Waals surface area contributed by atoms with Crippen LogP contribution in [0.15, 0.2) is 35.5 Å². The zero-order valence-electron chi connectivity index (χ0n) is 15.4. The minimum absolute atomic E-state index is 0.0362. The first-order valence-electron chi connectivity index (χ1n) is 9.48. The van der Waals surface area contributed by atoms with Crippen LogP contribution in [0.4, 0.5) is 8.78 Å². The van der Waals surface area contributed by atoms with E-state index in [1.54, 1.807) is 12.3 Å². The summed E-state index contributed by atoms with van der Waals surface area (Å²) in [5.74, 6) is -0.283. The fraction of sp³-hybridized carbons (Fsp3) is 0.381. The van der Waals surface area contributed by atoms with Gasteiger partial charge in [0.05, 0.1) is 18.3 Å². The Morgan fingerprint density at radius 2 is 2.14 bits per heavy atom. The number of benzene rings is 1. The zero-order valence-corrected chi connectivity index (χ0v) is 15.4. The molecule has 2 aromatic rings. The Hall–Kier alpha value is -2.67. The van der Waals surface area contributed by atoms with Crippen molar-refractivity contribution in [2.45, 2.75) is 38.3 Å². The van der Waals surface area contributed by atoms with Crippen molar-refractivity contribution >= 4 is 11.6 Å². The molecule has 0 spiro atoms. The van der Waals surface area contributed by atoms with Gasteiger partial charge in [-0.25, -0.2) is 8.78 Å². The van der Waals surface area contributed by atoms with Gasteiger partial charge in [-0.1, -0.05) is 0 Å². The first kappa shape index (κ1) is 18.7. The van der Waals surface area contributed by atoms with Crippen LogP contribution in [0.2, 0.25) is 0 Å². The molecule has 7 heteroatoms. The molecule has 0 unspecified atom stereocenters. The normalized spacial score (nSPS) is 18.3. The highest BCUT2D eigenvalue weighted by molar-refractivity contribution is 6.04. The van der Waals surface area contributed by atoms with E-state index in [0.29, 0.717) is 42.9 Å². The van der Waals surface area contributed by atoms with Crippen LogP contribution in [0, 0.1) is 11.6 Å². The molecule has 1 atom stereocenters. The predicted molar refractivity (Wildman–Crippen MR) is 100 cm³/mol. The molecule has 0 radical (unpaired) electrons. The van der Waals surface area contributed by atoms with Gasteiger partial charge >= 0.3 is 0 Å². The molecular formula is C21H21F2N3O2. The second kappa shape index (κ2) is 7.75. The van der Waals surface area contributed by atoms with E-state index in [1.807, 2.05) is 4.90 Å². The van der Waals surface area contributed by atoms with E-state index in [4.69, 9.17) is 5.11 Å². The maximum Gasteiger partial charge on any atom is 0.164 e. The molecule has 4 rings (SSSR count). The summed E-state index contributed by atoms with van der Waals surface area (Å²) in [5.41, 5.74) is 2.36. The van der Waals surface area contributed by atoms with Gasteiger partial charge in [-0.05, 0) is 43.5 Å². The van der Waals surface area contributed by atoms with Gasteiger partial charge in [-0.15, -0.1) is 0 Å². The number of aliphatic hydroxyl groups is 1. The smallest absolute Gasteiger partial charge is 0.164 e. The van der Waals surface area contributed by atoms with Gasteiger partial charge in [0, 0.05) is 42.5 Å². The fourth-order valence-electron chi connectivity index (χ4n) is 3.94. The third-order valence-electron chi connectivity index (χ3n) is 5.32. The number of likely N-dealkylation sites (tertiary alicyclic amines) is 1. The molecular weight excluding hydrogens is 364 g/mol. The highest BCUT2D eigenvalue weighted by Crippen LogP contribution is 2.37. The van der Waals surface area contributed by atoms with Crippen molar-refractivity contribution in [1.29, 1.82) is 0 Å². The molecule has 1 aromatic heterocycles. The van der Waals surface area contributed by atoms with Crippen LogP contribution in [-0.2, 0) is 6.54 Å². The second-order valence-electron chi connectivity index (χ2n) is 7.13. The number of aliphatic hydroxyl groups excluding tert-OH is 1. The largest absolute Gasteiger partial charge is 0.396 e. The monoisotopic (exact) mass is 385 g/mol. The van der Waals surface area contributed by atoms with E-state index in [9.17, 15) is 13.6 Å². The molecule has 3 heterocycles. The molecule has 28 heavy (non-hydrogen) atoms. The summed E-state index contributed by atoms with van der Waals surface area (Å²) in [6.07, 6.45) is 3.76. The molecule has 2 aliphatic heterocycles. The number of Topliss-reactive ketones (excluding diaryl/α,β-unsaturated/α-hetero) is 1. The molecule has 0 aliphatic carbocycles. The van der Waals surface area contributed by atoms with Crippen LogP contribution in [0.25, 0.3) is 0 Å². The lowest BCUT2D eigenvalue weighted by molar-refractivity contribution is 0.0971. The van der Waals surface area contributed by atoms with Crippen molar-refractivity contribution in [3.05, 3.63) is 64.5 Å². The first-order chi connectivity index (χ1) is 13.6. The van der Waals surface area contributed by atoms with Crippen LogP contribution in [0.1, 0.15) is 58.9 Å². The summed E-state index contributed by atoms with van der Waals surface area (Å²) in [4.78, 5) is 23.3. The summed E-state index contributed by atoms with van der Waals surface area (Å²) >= 11 is 0. The minimum atomic E-state index is -0.463. The molecule has 0 saturated carbocycles. The standard InChI is InChI=1S/C21H21F2N3O2/c22-14-5-6-17(23)15(10-14)19-3-1-7-26(19)21-16-9-13(20(28)4-2-8-27)11-24-18(16)12-25-21/h5-6,9-11,19,27H,1-4,7-8,12H2/t19-/m1/s1. The average molecular weight is 385 g/mol. The number of fused-ring (bicyclic) bond motifs is 1. The van der Waals surface area contributed by atoms with Crippen molar-refractivity contribution in [2.75, 3.05) is 13.2 Å². The van der Waals surface area contributed by atoms with Crippen LogP contribution in [0.5, 0.6) is 0 Å². The summed E-state index contributed by atoms with van der Waals surface area (Å²) in [7, 11) is 0. The number of pyridine rings is 1. The number of nitrogens with zero attached hydrogens (tertiary/aromatic N) is 3. The maximum atomic E-state index is 14.4. The Morgan fingerprint density at radius 1 is 1.29 bits per heavy atom. The number of carbonyl (C=O) groups is 1. The Bertz CT molecular complexity index is 945. The van der Waals surface area contributed by atoms with Gasteiger partial charge < -0.3 is 10.0 Å². The van der Waals surface area contributed by atoms with E-state index in [1.165, 1.54) is 6.07 Å². The van der Waals surface area contributed by atoms with Gasteiger partial charge in [0.25, 0.3) is 0 Å². The third kappa shape index (κ3) is 3.42. The van der Waals surface area contributed by atoms with Crippen LogP contribution < -0.4 is 0 Å². The van der Waals surface area contributed by atoms with Gasteiger partial charge in [0.2, 0.25) is 0 Å². The number of rotatable bonds is 5. The van der Waals surface area contributed by atoms with Crippen LogP contribution in [0.3, 0.4) is 0 Å². The predicted octanol–water partition coefficient (Wildman–Crippen LogP) is 3.41. The summed E-state index contributed by atoms with van der Waals surface area (Å²) in [5, 5.41) is 8.93.